The number of ketones is 2. The van der Waals surface area contributed by atoms with Crippen LogP contribution in [-0.2, 0) is 0 Å². The topological polar surface area (TPSA) is 47.0 Å². The van der Waals surface area contributed by atoms with Crippen molar-refractivity contribution in [3.8, 4) is 10.6 Å². The standard InChI is InChI=1S/C20H23NO2S/c1-14(22)16-10-6-7-11-17(16)20-21-18(13-24-20)19(23)12-15-8-4-2-3-5-9-15/h6-7,10-11,13,15H,2-5,8-9,12H2,1H3. The molecule has 4 heteroatoms. The van der Waals surface area contributed by atoms with Crippen LogP contribution in [0.15, 0.2) is 29.6 Å². The monoisotopic (exact) mass is 341 g/mol. The predicted octanol–water partition coefficient (Wildman–Crippen LogP) is 5.56. The molecular weight excluding hydrogens is 318 g/mol. The molecule has 0 aliphatic heterocycles. The number of nitrogens with zero attached hydrogens (tertiary/aromatic N) is 1. The quantitative estimate of drug-likeness (QED) is 0.528. The molecule has 0 spiro atoms. The second-order valence-electron chi connectivity index (χ2n) is 6.62. The molecule has 0 N–H and O–H groups in total. The maximum atomic E-state index is 12.6. The molecule has 0 saturated heterocycles. The van der Waals surface area contributed by atoms with Crippen LogP contribution in [0.3, 0.4) is 0 Å². The SMILES string of the molecule is CC(=O)c1ccccc1-c1nc(C(=O)CC2CCCCCC2)cs1. The van der Waals surface area contributed by atoms with E-state index in [1.165, 1.54) is 37.0 Å². The molecule has 1 saturated carbocycles. The molecular formula is C20H23NO2S. The summed E-state index contributed by atoms with van der Waals surface area (Å²) in [4.78, 5) is 28.9. The molecule has 0 bridgehead atoms. The summed E-state index contributed by atoms with van der Waals surface area (Å²) in [7, 11) is 0. The van der Waals surface area contributed by atoms with Gasteiger partial charge in [0.15, 0.2) is 11.6 Å². The second-order valence-corrected chi connectivity index (χ2v) is 7.48. The van der Waals surface area contributed by atoms with Gasteiger partial charge in [0, 0.05) is 22.9 Å². The van der Waals surface area contributed by atoms with Crippen LogP contribution in [0.2, 0.25) is 0 Å². The fraction of sp³-hybridized carbons (Fsp3) is 0.450. The number of aromatic nitrogens is 1. The van der Waals surface area contributed by atoms with Crippen LogP contribution in [0.4, 0.5) is 0 Å². The van der Waals surface area contributed by atoms with Crippen molar-refractivity contribution in [2.24, 2.45) is 5.92 Å². The summed E-state index contributed by atoms with van der Waals surface area (Å²) in [6.45, 7) is 1.56. The molecule has 24 heavy (non-hydrogen) atoms. The van der Waals surface area contributed by atoms with Crippen LogP contribution in [0, 0.1) is 5.92 Å². The van der Waals surface area contributed by atoms with Crippen molar-refractivity contribution in [2.75, 3.05) is 0 Å². The lowest BCUT2D eigenvalue weighted by Crippen LogP contribution is -2.08. The molecule has 0 atom stereocenters. The number of hydrogen-bond acceptors (Lipinski definition) is 4. The van der Waals surface area contributed by atoms with E-state index in [0.717, 1.165) is 23.4 Å². The summed E-state index contributed by atoms with van der Waals surface area (Å²) in [5.41, 5.74) is 2.04. The summed E-state index contributed by atoms with van der Waals surface area (Å²) >= 11 is 1.44. The van der Waals surface area contributed by atoms with Crippen molar-refractivity contribution in [1.82, 2.24) is 4.98 Å². The molecule has 0 unspecified atom stereocenters. The minimum atomic E-state index is 0.0205. The number of Topliss-reactive ketones (excluding diaryl/α,β-unsaturated/α-hetero) is 2. The van der Waals surface area contributed by atoms with E-state index in [-0.39, 0.29) is 11.6 Å². The molecule has 126 valence electrons. The normalized spacial score (nSPS) is 15.9. The molecule has 2 aromatic rings. The third kappa shape index (κ3) is 3.99. The van der Waals surface area contributed by atoms with E-state index in [1.807, 2.05) is 29.6 Å². The Bertz CT molecular complexity index is 727. The first-order valence-electron chi connectivity index (χ1n) is 8.74. The largest absolute Gasteiger partial charge is 0.294 e. The first kappa shape index (κ1) is 17.0. The number of benzene rings is 1. The van der Waals surface area contributed by atoms with Crippen molar-refractivity contribution in [3.63, 3.8) is 0 Å². The van der Waals surface area contributed by atoms with Gasteiger partial charge >= 0.3 is 0 Å². The van der Waals surface area contributed by atoms with Gasteiger partial charge < -0.3 is 0 Å². The smallest absolute Gasteiger partial charge is 0.182 e. The first-order valence-corrected chi connectivity index (χ1v) is 9.62. The van der Waals surface area contributed by atoms with Crippen molar-refractivity contribution in [1.29, 1.82) is 0 Å². The van der Waals surface area contributed by atoms with Gasteiger partial charge in [0.2, 0.25) is 0 Å². The Labute approximate surface area is 147 Å². The van der Waals surface area contributed by atoms with Crippen molar-refractivity contribution < 1.29 is 9.59 Å². The Kier molecular flexibility index (Phi) is 5.56. The maximum absolute atomic E-state index is 12.6. The summed E-state index contributed by atoms with van der Waals surface area (Å²) in [5.74, 6) is 0.673. The number of carbonyl (C=O) groups excluding carboxylic acids is 2. The van der Waals surface area contributed by atoms with E-state index >= 15 is 0 Å². The highest BCUT2D eigenvalue weighted by molar-refractivity contribution is 7.13. The Morgan fingerprint density at radius 3 is 2.54 bits per heavy atom. The highest BCUT2D eigenvalue weighted by Gasteiger charge is 2.20. The van der Waals surface area contributed by atoms with E-state index in [1.54, 1.807) is 6.92 Å². The lowest BCUT2D eigenvalue weighted by Gasteiger charge is -2.11. The van der Waals surface area contributed by atoms with Gasteiger partial charge in [-0.25, -0.2) is 4.98 Å². The number of thiazole rings is 1. The molecule has 1 heterocycles. The molecule has 1 fully saturated rings. The van der Waals surface area contributed by atoms with Gasteiger partial charge in [-0.2, -0.15) is 0 Å². The van der Waals surface area contributed by atoms with Gasteiger partial charge in [0.1, 0.15) is 10.7 Å². The first-order chi connectivity index (χ1) is 11.6. The van der Waals surface area contributed by atoms with Gasteiger partial charge in [-0.15, -0.1) is 11.3 Å². The second kappa shape index (κ2) is 7.84. The van der Waals surface area contributed by atoms with Gasteiger partial charge in [-0.1, -0.05) is 62.8 Å². The predicted molar refractivity (Wildman–Crippen MR) is 97.7 cm³/mol. The molecule has 1 aromatic carbocycles. The zero-order valence-corrected chi connectivity index (χ0v) is 14.9. The van der Waals surface area contributed by atoms with Gasteiger partial charge in [0.25, 0.3) is 0 Å². The fourth-order valence-corrected chi connectivity index (χ4v) is 4.30. The lowest BCUT2D eigenvalue weighted by atomic mass is 9.94. The van der Waals surface area contributed by atoms with E-state index in [9.17, 15) is 9.59 Å². The average Bonchev–Trinajstić information content (AvgIpc) is 2.94. The zero-order chi connectivity index (χ0) is 16.9. The summed E-state index contributed by atoms with van der Waals surface area (Å²) in [5, 5.41) is 2.59. The minimum absolute atomic E-state index is 0.0205. The van der Waals surface area contributed by atoms with Crippen LogP contribution in [-0.4, -0.2) is 16.6 Å². The summed E-state index contributed by atoms with van der Waals surface area (Å²) in [6, 6.07) is 7.46. The van der Waals surface area contributed by atoms with E-state index in [0.29, 0.717) is 23.6 Å². The van der Waals surface area contributed by atoms with Gasteiger partial charge in [-0.05, 0) is 12.8 Å². The number of carbonyl (C=O) groups is 2. The van der Waals surface area contributed by atoms with Gasteiger partial charge in [-0.3, -0.25) is 9.59 Å². The van der Waals surface area contributed by atoms with Crippen LogP contribution in [0.25, 0.3) is 10.6 Å². The molecule has 1 aliphatic carbocycles. The Hall–Kier alpha value is -1.81. The van der Waals surface area contributed by atoms with Gasteiger partial charge in [0.05, 0.1) is 0 Å². The lowest BCUT2D eigenvalue weighted by molar-refractivity contribution is 0.0952. The van der Waals surface area contributed by atoms with Crippen LogP contribution in [0.5, 0.6) is 0 Å². The zero-order valence-electron chi connectivity index (χ0n) is 14.1. The highest BCUT2D eigenvalue weighted by atomic mass is 32.1. The summed E-state index contributed by atoms with van der Waals surface area (Å²) < 4.78 is 0. The number of rotatable bonds is 5. The van der Waals surface area contributed by atoms with E-state index in [4.69, 9.17) is 0 Å². The molecule has 0 amide bonds. The fourth-order valence-electron chi connectivity index (χ4n) is 3.44. The molecule has 3 nitrogen and oxygen atoms in total. The Morgan fingerprint density at radius 1 is 1.12 bits per heavy atom. The van der Waals surface area contributed by atoms with Crippen molar-refractivity contribution in [3.05, 3.63) is 40.9 Å². The van der Waals surface area contributed by atoms with E-state index in [2.05, 4.69) is 4.98 Å². The van der Waals surface area contributed by atoms with Crippen molar-refractivity contribution in [2.45, 2.75) is 51.9 Å². The average molecular weight is 341 g/mol. The minimum Gasteiger partial charge on any atom is -0.294 e. The van der Waals surface area contributed by atoms with E-state index < -0.39 is 0 Å². The van der Waals surface area contributed by atoms with Crippen LogP contribution >= 0.6 is 11.3 Å². The van der Waals surface area contributed by atoms with Crippen molar-refractivity contribution >= 4 is 22.9 Å². The highest BCUT2D eigenvalue weighted by Crippen LogP contribution is 2.30. The third-order valence-electron chi connectivity index (χ3n) is 4.78. The molecule has 1 aromatic heterocycles. The Balaban J connectivity index is 1.75. The summed E-state index contributed by atoms with van der Waals surface area (Å²) in [6.07, 6.45) is 8.02. The maximum Gasteiger partial charge on any atom is 0.182 e. The number of hydrogen-bond donors (Lipinski definition) is 0. The molecule has 3 rings (SSSR count). The third-order valence-corrected chi connectivity index (χ3v) is 5.65. The Morgan fingerprint density at radius 2 is 1.83 bits per heavy atom. The van der Waals surface area contributed by atoms with Crippen LogP contribution in [0.1, 0.15) is 72.7 Å². The molecule has 0 radical (unpaired) electrons. The van der Waals surface area contributed by atoms with Crippen LogP contribution < -0.4 is 0 Å². The molecule has 1 aliphatic rings.